The van der Waals surface area contributed by atoms with Crippen LogP contribution in [-0.2, 0) is 19.3 Å². The minimum atomic E-state index is 1.88. The molecule has 7 heavy (non-hydrogen) atoms. The van der Waals surface area contributed by atoms with E-state index in [1.54, 1.807) is 0 Å². The predicted octanol–water partition coefficient (Wildman–Crippen LogP) is 0.893. The molecule has 0 aliphatic rings. The number of hydrogen-bond donors (Lipinski definition) is 1. The van der Waals surface area contributed by atoms with Crippen LogP contribution in [0.25, 0.3) is 0 Å². The Labute approximate surface area is 49.5 Å². The fraction of sp³-hybridized carbons (Fsp3) is 0. The standard InChI is InChI=1S/C4H5N.Ni.O/c1-2-4-5-3-1;;/h1-5H;;. The molecule has 1 N–H and O–H groups in total. The van der Waals surface area contributed by atoms with Crippen LogP contribution in [-0.4, -0.2) is 4.98 Å². The molecule has 3 heteroatoms. The smallest absolute Gasteiger partial charge is 0.000496 e. The van der Waals surface area contributed by atoms with Gasteiger partial charge >= 0.3 is 19.3 Å². The average Bonchev–Trinajstić information content (AvgIpc) is 2.23. The third-order valence-electron chi connectivity index (χ3n) is 0.496. The zero-order chi connectivity index (χ0) is 5.54. The molecule has 1 aromatic rings. The van der Waals surface area contributed by atoms with Gasteiger partial charge in [-0.2, -0.15) is 0 Å². The maximum Gasteiger partial charge on any atom is 0.000496 e. The number of H-pyrrole nitrogens is 1. The van der Waals surface area contributed by atoms with Gasteiger partial charge in [-0.1, -0.05) is 0 Å². The van der Waals surface area contributed by atoms with Crippen molar-refractivity contribution in [2.24, 2.45) is 0 Å². The van der Waals surface area contributed by atoms with E-state index < -0.39 is 0 Å². The van der Waals surface area contributed by atoms with Gasteiger partial charge < -0.3 is 4.98 Å². The van der Waals surface area contributed by atoms with E-state index in [-0.39, 0.29) is 0 Å². The van der Waals surface area contributed by atoms with E-state index in [9.17, 15) is 0 Å². The van der Waals surface area contributed by atoms with Crippen LogP contribution in [0.4, 0.5) is 0 Å². The van der Waals surface area contributed by atoms with Gasteiger partial charge in [-0.15, -0.1) is 0 Å². The number of nitrogens with one attached hydrogen (secondary N) is 1. The average molecular weight is 142 g/mol. The van der Waals surface area contributed by atoms with Crippen LogP contribution in [0.1, 0.15) is 0 Å². The molecular weight excluding hydrogens is 137 g/mol. The summed E-state index contributed by atoms with van der Waals surface area (Å²) in [6, 6.07) is 3.89. The van der Waals surface area contributed by atoms with Gasteiger partial charge in [0.05, 0.1) is 0 Å². The molecule has 0 atom stereocenters. The largest absolute Gasteiger partial charge is 0.368 e. The summed E-state index contributed by atoms with van der Waals surface area (Å²) in [7, 11) is 0. The molecule has 0 amide bonds. The molecule has 0 bridgehead atoms. The summed E-state index contributed by atoms with van der Waals surface area (Å²) in [5.74, 6) is 0. The fourth-order valence-corrected chi connectivity index (χ4v) is 0.278. The van der Waals surface area contributed by atoms with Crippen molar-refractivity contribution in [3.8, 4) is 0 Å². The molecule has 0 radical (unpaired) electrons. The van der Waals surface area contributed by atoms with Gasteiger partial charge in [0.15, 0.2) is 0 Å². The topological polar surface area (TPSA) is 32.9 Å². The normalized spacial score (nSPS) is 6.57. The first-order valence-electron chi connectivity index (χ1n) is 1.71. The molecule has 1 aromatic heterocycles. The maximum atomic E-state index is 7.88. The van der Waals surface area contributed by atoms with Crippen molar-refractivity contribution in [1.82, 2.24) is 4.98 Å². The zero-order valence-corrected chi connectivity index (χ0v) is 4.52. The van der Waals surface area contributed by atoms with Crippen LogP contribution in [0, 0.1) is 0 Å². The van der Waals surface area contributed by atoms with Crippen molar-refractivity contribution >= 4 is 0 Å². The van der Waals surface area contributed by atoms with Crippen molar-refractivity contribution in [3.05, 3.63) is 24.5 Å². The number of aromatic amines is 1. The minimum Gasteiger partial charge on any atom is -0.368 e. The van der Waals surface area contributed by atoms with Crippen LogP contribution in [0.3, 0.4) is 0 Å². The summed E-state index contributed by atoms with van der Waals surface area (Å²) < 4.78 is 7.88. The molecule has 1 heterocycles. The van der Waals surface area contributed by atoms with Gasteiger partial charge in [0.2, 0.25) is 0 Å². The van der Waals surface area contributed by atoms with Crippen LogP contribution in [0.15, 0.2) is 24.5 Å². The maximum absolute atomic E-state index is 7.88. The van der Waals surface area contributed by atoms with Crippen molar-refractivity contribution < 1.29 is 19.3 Å². The second-order valence-electron chi connectivity index (χ2n) is 0.885. The molecule has 0 aliphatic heterocycles. The van der Waals surface area contributed by atoms with Crippen molar-refractivity contribution in [1.29, 1.82) is 0 Å². The van der Waals surface area contributed by atoms with E-state index in [1.165, 1.54) is 0 Å². The molecular formula is C4H5NNiO. The Hall–Kier alpha value is -0.426. The number of hydrogen-bond acceptors (Lipinski definition) is 1. The summed E-state index contributed by atoms with van der Waals surface area (Å²) >= 11 is 2.62. The van der Waals surface area contributed by atoms with E-state index in [0.717, 1.165) is 0 Å². The van der Waals surface area contributed by atoms with Crippen LogP contribution < -0.4 is 0 Å². The Balaban J connectivity index is 0.000000162. The second-order valence-corrected chi connectivity index (χ2v) is 0.885. The molecule has 1 rings (SSSR count). The van der Waals surface area contributed by atoms with Gasteiger partial charge in [0.1, 0.15) is 0 Å². The van der Waals surface area contributed by atoms with Crippen molar-refractivity contribution in [3.63, 3.8) is 0 Å². The van der Waals surface area contributed by atoms with Crippen LogP contribution in [0.5, 0.6) is 0 Å². The van der Waals surface area contributed by atoms with Crippen molar-refractivity contribution in [2.45, 2.75) is 0 Å². The molecule has 2 nitrogen and oxygen atoms in total. The summed E-state index contributed by atoms with van der Waals surface area (Å²) in [6.07, 6.45) is 3.75. The van der Waals surface area contributed by atoms with E-state index >= 15 is 0 Å². The molecule has 0 spiro atoms. The fourth-order valence-electron chi connectivity index (χ4n) is 0.278. The Bertz CT molecular complexity index is 78.6. The molecule has 0 aliphatic carbocycles. The first kappa shape index (κ1) is 6.57. The van der Waals surface area contributed by atoms with Gasteiger partial charge in [-0.25, -0.2) is 0 Å². The van der Waals surface area contributed by atoms with Gasteiger partial charge in [0, 0.05) is 12.4 Å². The zero-order valence-electron chi connectivity index (χ0n) is 3.53. The summed E-state index contributed by atoms with van der Waals surface area (Å²) in [6.45, 7) is 0. The quantitative estimate of drug-likeness (QED) is 0.536. The second kappa shape index (κ2) is 5.57. The van der Waals surface area contributed by atoms with E-state index in [1.807, 2.05) is 24.5 Å². The van der Waals surface area contributed by atoms with Gasteiger partial charge in [-0.3, -0.25) is 0 Å². The molecule has 0 unspecified atom stereocenters. The van der Waals surface area contributed by atoms with Gasteiger partial charge in [0.25, 0.3) is 0 Å². The first-order chi connectivity index (χ1) is 3.50. The molecule has 0 fully saturated rings. The van der Waals surface area contributed by atoms with Crippen LogP contribution >= 0.6 is 0 Å². The Morgan fingerprint density at radius 2 is 1.57 bits per heavy atom. The van der Waals surface area contributed by atoms with Gasteiger partial charge in [-0.05, 0) is 12.1 Å². The third kappa shape index (κ3) is 3.40. The van der Waals surface area contributed by atoms with E-state index in [4.69, 9.17) is 3.90 Å². The first-order valence-corrected chi connectivity index (χ1v) is 2.11. The third-order valence-corrected chi connectivity index (χ3v) is 0.496. The monoisotopic (exact) mass is 141 g/mol. The van der Waals surface area contributed by atoms with Crippen molar-refractivity contribution in [2.75, 3.05) is 0 Å². The summed E-state index contributed by atoms with van der Waals surface area (Å²) in [5, 5.41) is 0. The molecule has 0 saturated carbocycles. The molecule has 0 saturated heterocycles. The number of rotatable bonds is 0. The van der Waals surface area contributed by atoms with E-state index in [0.29, 0.717) is 0 Å². The molecule has 0 aromatic carbocycles. The van der Waals surface area contributed by atoms with E-state index in [2.05, 4.69) is 20.4 Å². The Morgan fingerprint density at radius 1 is 1.14 bits per heavy atom. The molecule has 42 valence electrons. The minimum absolute atomic E-state index is 1.88. The summed E-state index contributed by atoms with van der Waals surface area (Å²) in [4.78, 5) is 2.86. The Morgan fingerprint density at radius 3 is 1.71 bits per heavy atom. The predicted molar refractivity (Wildman–Crippen MR) is 21.5 cm³/mol. The van der Waals surface area contributed by atoms with Crippen LogP contribution in [0.2, 0.25) is 0 Å². The SMILES string of the molecule is [O]=[Ni].c1cc[nH]c1. The number of aromatic nitrogens is 1. The Kier molecular flexibility index (Phi) is 5.23. The summed E-state index contributed by atoms with van der Waals surface area (Å²) in [5.41, 5.74) is 0.